The van der Waals surface area contributed by atoms with E-state index in [2.05, 4.69) is 10.5 Å². The molecule has 0 saturated heterocycles. The molecule has 0 unspecified atom stereocenters. The summed E-state index contributed by atoms with van der Waals surface area (Å²) >= 11 is 0. The molecule has 13 nitrogen and oxygen atoms in total. The number of non-ortho nitro benzene ring substituents is 1. The van der Waals surface area contributed by atoms with Crippen molar-refractivity contribution in [2.45, 2.75) is 20.8 Å². The zero-order valence-electron chi connectivity index (χ0n) is 18.2. The predicted molar refractivity (Wildman–Crippen MR) is 115 cm³/mol. The first-order chi connectivity index (χ1) is 15.7. The topological polar surface area (TPSA) is 193 Å². The van der Waals surface area contributed by atoms with Crippen molar-refractivity contribution in [2.24, 2.45) is 10.8 Å². The zero-order valence-corrected chi connectivity index (χ0v) is 18.2. The standard InChI is InChI=1S/C20H24N4O9/c1-4-31-18(26)14(11-15(19(27)32-5-2)20(28)33-6-3)16(21)22-23-17(25)12-7-9-13(10-8-12)24(29)30/h7-11,27H,4-6H2,1-3H3,(H2,21,22)(H,23,25)/b14-11-,19-15-. The Bertz CT molecular complexity index is 982. The second-order valence-corrected chi connectivity index (χ2v) is 5.89. The Hall–Kier alpha value is -4.42. The molecule has 0 radical (unpaired) electrons. The van der Waals surface area contributed by atoms with Crippen molar-refractivity contribution < 1.29 is 38.6 Å². The molecule has 1 aromatic rings. The molecule has 0 aliphatic heterocycles. The van der Waals surface area contributed by atoms with Crippen LogP contribution in [0, 0.1) is 10.1 Å². The number of ether oxygens (including phenoxy) is 3. The lowest BCUT2D eigenvalue weighted by Gasteiger charge is -2.10. The van der Waals surface area contributed by atoms with Crippen LogP contribution in [0.5, 0.6) is 0 Å². The molecule has 1 amide bonds. The number of aliphatic hydroxyl groups excluding tert-OH is 1. The van der Waals surface area contributed by atoms with Crippen molar-refractivity contribution in [1.82, 2.24) is 5.43 Å². The highest BCUT2D eigenvalue weighted by atomic mass is 16.6. The summed E-state index contributed by atoms with van der Waals surface area (Å²) in [4.78, 5) is 46.9. The van der Waals surface area contributed by atoms with Gasteiger partial charge in [0.25, 0.3) is 17.5 Å². The average molecular weight is 464 g/mol. The van der Waals surface area contributed by atoms with Crippen LogP contribution in [0.2, 0.25) is 0 Å². The van der Waals surface area contributed by atoms with Gasteiger partial charge in [0.15, 0.2) is 5.84 Å². The second-order valence-electron chi connectivity index (χ2n) is 5.89. The number of hydrogen-bond acceptors (Lipinski definition) is 10. The molecule has 0 saturated carbocycles. The Balaban J connectivity index is 3.30. The van der Waals surface area contributed by atoms with Crippen LogP contribution in [-0.2, 0) is 23.8 Å². The number of carbonyl (C=O) groups is 3. The number of nitrogens with two attached hydrogens (primary N) is 1. The minimum Gasteiger partial charge on any atom is -0.480 e. The zero-order chi connectivity index (χ0) is 25.0. The molecule has 0 atom stereocenters. The van der Waals surface area contributed by atoms with Crippen LogP contribution in [0.1, 0.15) is 31.1 Å². The fraction of sp³-hybridized carbons (Fsp3) is 0.300. The number of amidine groups is 1. The molecule has 178 valence electrons. The smallest absolute Gasteiger partial charge is 0.345 e. The maximum Gasteiger partial charge on any atom is 0.345 e. The largest absolute Gasteiger partial charge is 0.480 e. The number of esters is 2. The van der Waals surface area contributed by atoms with Gasteiger partial charge in [0.05, 0.1) is 24.7 Å². The van der Waals surface area contributed by atoms with Crippen molar-refractivity contribution in [2.75, 3.05) is 19.8 Å². The third-order valence-corrected chi connectivity index (χ3v) is 3.68. The first-order valence-electron chi connectivity index (χ1n) is 9.66. The van der Waals surface area contributed by atoms with E-state index >= 15 is 0 Å². The van der Waals surface area contributed by atoms with Gasteiger partial charge in [-0.1, -0.05) is 0 Å². The fourth-order valence-electron chi connectivity index (χ4n) is 2.19. The number of nitro groups is 1. The van der Waals surface area contributed by atoms with E-state index in [-0.39, 0.29) is 31.1 Å². The lowest BCUT2D eigenvalue weighted by molar-refractivity contribution is -0.384. The minimum absolute atomic E-state index is 0.00614. The van der Waals surface area contributed by atoms with Crippen LogP contribution in [-0.4, -0.2) is 53.5 Å². The first kappa shape index (κ1) is 26.6. The van der Waals surface area contributed by atoms with Crippen LogP contribution in [0.25, 0.3) is 0 Å². The van der Waals surface area contributed by atoms with E-state index in [0.717, 1.165) is 18.2 Å². The number of benzene rings is 1. The molecular weight excluding hydrogens is 440 g/mol. The molecule has 0 bridgehead atoms. The van der Waals surface area contributed by atoms with Crippen LogP contribution < -0.4 is 11.2 Å². The van der Waals surface area contributed by atoms with Gasteiger partial charge in [0, 0.05) is 17.7 Å². The monoisotopic (exact) mass is 464 g/mol. The highest BCUT2D eigenvalue weighted by Gasteiger charge is 2.23. The van der Waals surface area contributed by atoms with E-state index in [4.69, 9.17) is 19.9 Å². The normalized spacial score (nSPS) is 12.3. The van der Waals surface area contributed by atoms with Crippen molar-refractivity contribution in [3.63, 3.8) is 0 Å². The Labute approximate surface area is 188 Å². The Kier molecular flexibility index (Phi) is 10.6. The summed E-state index contributed by atoms with van der Waals surface area (Å²) in [7, 11) is 0. The molecule has 33 heavy (non-hydrogen) atoms. The van der Waals surface area contributed by atoms with Gasteiger partial charge >= 0.3 is 11.9 Å². The number of nitrogens with zero attached hydrogens (tertiary/aromatic N) is 2. The van der Waals surface area contributed by atoms with E-state index in [9.17, 15) is 29.6 Å². The fourth-order valence-corrected chi connectivity index (χ4v) is 2.19. The van der Waals surface area contributed by atoms with Gasteiger partial charge < -0.3 is 25.1 Å². The predicted octanol–water partition coefficient (Wildman–Crippen LogP) is 1.46. The quantitative estimate of drug-likeness (QED) is 0.0631. The van der Waals surface area contributed by atoms with E-state index in [1.54, 1.807) is 6.92 Å². The minimum atomic E-state index is -1.01. The summed E-state index contributed by atoms with van der Waals surface area (Å²) in [6, 6.07) is 4.64. The molecule has 1 rings (SSSR count). The van der Waals surface area contributed by atoms with E-state index < -0.39 is 45.7 Å². The number of hydrogen-bond donors (Lipinski definition) is 3. The molecule has 1 aromatic carbocycles. The molecule has 0 spiro atoms. The van der Waals surface area contributed by atoms with E-state index in [0.29, 0.717) is 0 Å². The summed E-state index contributed by atoms with van der Waals surface area (Å²) in [6.07, 6.45) is 0.859. The summed E-state index contributed by atoms with van der Waals surface area (Å²) < 4.78 is 14.6. The molecule has 0 heterocycles. The van der Waals surface area contributed by atoms with Gasteiger partial charge in [-0.05, 0) is 39.0 Å². The number of carbonyl (C=O) groups excluding carboxylic acids is 3. The molecule has 0 aromatic heterocycles. The average Bonchev–Trinajstić information content (AvgIpc) is 2.78. The number of hydrazone groups is 1. The molecule has 13 heteroatoms. The number of nitrogens with one attached hydrogen (secondary N) is 1. The Morgan fingerprint density at radius 1 is 1.06 bits per heavy atom. The van der Waals surface area contributed by atoms with E-state index in [1.807, 2.05) is 0 Å². The van der Waals surface area contributed by atoms with Crippen LogP contribution in [0.3, 0.4) is 0 Å². The van der Waals surface area contributed by atoms with Gasteiger partial charge in [-0.15, -0.1) is 0 Å². The lowest BCUT2D eigenvalue weighted by Crippen LogP contribution is -2.28. The van der Waals surface area contributed by atoms with Crippen molar-refractivity contribution in [3.8, 4) is 0 Å². The van der Waals surface area contributed by atoms with Crippen LogP contribution in [0.15, 0.2) is 52.5 Å². The molecular formula is C20H24N4O9. The van der Waals surface area contributed by atoms with Gasteiger partial charge in [0.2, 0.25) is 0 Å². The van der Waals surface area contributed by atoms with Crippen molar-refractivity contribution in [1.29, 1.82) is 0 Å². The summed E-state index contributed by atoms with van der Waals surface area (Å²) in [6.45, 7) is 4.55. The van der Waals surface area contributed by atoms with Gasteiger partial charge in [-0.2, -0.15) is 5.10 Å². The van der Waals surface area contributed by atoms with Crippen molar-refractivity contribution >= 4 is 29.4 Å². The van der Waals surface area contributed by atoms with Crippen LogP contribution in [0.4, 0.5) is 5.69 Å². The highest BCUT2D eigenvalue weighted by Crippen LogP contribution is 2.14. The molecule has 0 aliphatic carbocycles. The summed E-state index contributed by atoms with van der Waals surface area (Å²) in [5, 5.41) is 24.4. The number of rotatable bonds is 11. The van der Waals surface area contributed by atoms with Crippen LogP contribution >= 0.6 is 0 Å². The van der Waals surface area contributed by atoms with Crippen molar-refractivity contribution in [3.05, 3.63) is 63.1 Å². The maximum absolute atomic E-state index is 12.4. The lowest BCUT2D eigenvalue weighted by atomic mass is 10.1. The number of amides is 1. The van der Waals surface area contributed by atoms with Gasteiger partial charge in [-0.3, -0.25) is 14.9 Å². The molecule has 0 fully saturated rings. The maximum atomic E-state index is 12.4. The third kappa shape index (κ3) is 7.97. The molecule has 4 N–H and O–H groups in total. The SMILES string of the molecule is CCOC(=O)C(=C\C(C(=O)OCC)=C(/O)OCC)/C(N)=N/NC(=O)c1ccc([N+](=O)[O-])cc1. The second kappa shape index (κ2) is 13.1. The highest BCUT2D eigenvalue weighted by molar-refractivity contribution is 6.19. The number of nitro benzene ring substituents is 1. The summed E-state index contributed by atoms with van der Waals surface area (Å²) in [5.41, 5.74) is 6.71. The van der Waals surface area contributed by atoms with E-state index in [1.165, 1.54) is 26.0 Å². The van der Waals surface area contributed by atoms with Gasteiger partial charge in [-0.25, -0.2) is 15.0 Å². The summed E-state index contributed by atoms with van der Waals surface area (Å²) in [5.74, 6) is -4.17. The van der Waals surface area contributed by atoms with Gasteiger partial charge in [0.1, 0.15) is 11.1 Å². The molecule has 0 aliphatic rings. The Morgan fingerprint density at radius 2 is 1.61 bits per heavy atom. The number of aliphatic hydroxyl groups is 1. The Morgan fingerprint density at radius 3 is 2.12 bits per heavy atom. The first-order valence-corrected chi connectivity index (χ1v) is 9.66. The third-order valence-electron chi connectivity index (χ3n) is 3.68.